The van der Waals surface area contributed by atoms with Crippen molar-refractivity contribution in [2.24, 2.45) is 4.99 Å². The van der Waals surface area contributed by atoms with E-state index in [2.05, 4.69) is 16.7 Å². The highest BCUT2D eigenvalue weighted by Gasteiger charge is 2.12. The molecule has 5 nitrogen and oxygen atoms in total. The van der Waals surface area contributed by atoms with E-state index in [0.29, 0.717) is 5.69 Å². The van der Waals surface area contributed by atoms with Gasteiger partial charge in [-0.25, -0.2) is 0 Å². The highest BCUT2D eigenvalue weighted by Crippen LogP contribution is 2.25. The van der Waals surface area contributed by atoms with Crippen molar-refractivity contribution in [3.8, 4) is 0 Å². The lowest BCUT2D eigenvalue weighted by atomic mass is 10.3. The van der Waals surface area contributed by atoms with Crippen LogP contribution in [-0.2, 0) is 0 Å². The molecule has 1 aromatic heterocycles. The number of aryl methyl sites for hydroxylation is 1. The highest BCUT2D eigenvalue weighted by molar-refractivity contribution is 5.59. The van der Waals surface area contributed by atoms with E-state index in [1.807, 2.05) is 0 Å². The van der Waals surface area contributed by atoms with Crippen LogP contribution in [0.1, 0.15) is 5.69 Å². The van der Waals surface area contributed by atoms with Gasteiger partial charge in [0.15, 0.2) is 5.69 Å². The first-order chi connectivity index (χ1) is 5.65. The second-order valence-electron chi connectivity index (χ2n) is 2.23. The Bertz CT molecular complexity index is 335. The summed E-state index contributed by atoms with van der Waals surface area (Å²) in [5, 5.41) is 10.4. The van der Waals surface area contributed by atoms with Gasteiger partial charge >= 0.3 is 0 Å². The molecule has 0 aliphatic carbocycles. The molecule has 1 rings (SSSR count). The number of pyridine rings is 1. The first-order valence-electron chi connectivity index (χ1n) is 3.23. The Labute approximate surface area is 68.9 Å². The SMILES string of the molecule is C=Nc1cnc(C)cc1[N+](=O)[O-]. The van der Waals surface area contributed by atoms with Gasteiger partial charge < -0.3 is 0 Å². The largest absolute Gasteiger partial charge is 0.298 e. The Balaban J connectivity index is 3.30. The summed E-state index contributed by atoms with van der Waals surface area (Å²) in [6.45, 7) is 4.89. The topological polar surface area (TPSA) is 68.4 Å². The van der Waals surface area contributed by atoms with Crippen LogP contribution in [0.15, 0.2) is 17.3 Å². The molecule has 5 heteroatoms. The van der Waals surface area contributed by atoms with Gasteiger partial charge in [0, 0.05) is 11.8 Å². The van der Waals surface area contributed by atoms with E-state index in [-0.39, 0.29) is 11.4 Å². The fraction of sp³-hybridized carbons (Fsp3) is 0.143. The van der Waals surface area contributed by atoms with Crippen LogP contribution < -0.4 is 0 Å². The minimum Gasteiger partial charge on any atom is -0.259 e. The Morgan fingerprint density at radius 1 is 1.75 bits per heavy atom. The third kappa shape index (κ3) is 1.45. The van der Waals surface area contributed by atoms with E-state index in [1.54, 1.807) is 6.92 Å². The number of hydrogen-bond donors (Lipinski definition) is 0. The zero-order valence-corrected chi connectivity index (χ0v) is 6.52. The molecule has 0 amide bonds. The highest BCUT2D eigenvalue weighted by atomic mass is 16.6. The smallest absolute Gasteiger partial charge is 0.259 e. The number of rotatable bonds is 2. The molecule has 0 N–H and O–H groups in total. The van der Waals surface area contributed by atoms with Crippen molar-refractivity contribution in [1.82, 2.24) is 4.98 Å². The van der Waals surface area contributed by atoms with E-state index in [9.17, 15) is 10.1 Å². The van der Waals surface area contributed by atoms with Crippen molar-refractivity contribution < 1.29 is 4.92 Å². The summed E-state index contributed by atoms with van der Waals surface area (Å²) in [4.78, 5) is 17.3. The molecular weight excluding hydrogens is 158 g/mol. The fourth-order valence-corrected chi connectivity index (χ4v) is 0.806. The lowest BCUT2D eigenvalue weighted by Gasteiger charge is -1.96. The first kappa shape index (κ1) is 8.32. The lowest BCUT2D eigenvalue weighted by Crippen LogP contribution is -1.90. The first-order valence-corrected chi connectivity index (χ1v) is 3.23. The van der Waals surface area contributed by atoms with Crippen LogP contribution in [0.3, 0.4) is 0 Å². The van der Waals surface area contributed by atoms with E-state index >= 15 is 0 Å². The fourth-order valence-electron chi connectivity index (χ4n) is 0.806. The van der Waals surface area contributed by atoms with Crippen LogP contribution in [0.5, 0.6) is 0 Å². The molecule has 0 atom stereocenters. The summed E-state index contributed by atoms with van der Waals surface area (Å²) in [5.41, 5.74) is 0.734. The summed E-state index contributed by atoms with van der Waals surface area (Å²) in [5.74, 6) is 0. The van der Waals surface area contributed by atoms with Gasteiger partial charge in [-0.2, -0.15) is 0 Å². The average Bonchev–Trinajstić information content (AvgIpc) is 2.04. The van der Waals surface area contributed by atoms with Crippen molar-refractivity contribution in [2.45, 2.75) is 6.92 Å². The minimum atomic E-state index is -0.501. The molecular formula is C7H7N3O2. The maximum absolute atomic E-state index is 10.4. The van der Waals surface area contributed by atoms with Gasteiger partial charge in [0.25, 0.3) is 5.69 Å². The molecule has 62 valence electrons. The van der Waals surface area contributed by atoms with Crippen molar-refractivity contribution in [3.05, 3.63) is 28.1 Å². The maximum Gasteiger partial charge on any atom is 0.298 e. The van der Waals surface area contributed by atoms with Crippen LogP contribution >= 0.6 is 0 Å². The van der Waals surface area contributed by atoms with Gasteiger partial charge in [0.1, 0.15) is 0 Å². The average molecular weight is 165 g/mol. The van der Waals surface area contributed by atoms with Gasteiger partial charge in [-0.15, -0.1) is 0 Å². The molecule has 0 saturated heterocycles. The lowest BCUT2D eigenvalue weighted by molar-refractivity contribution is -0.384. The molecule has 0 aliphatic heterocycles. The standard InChI is InChI=1S/C7H7N3O2/c1-5-3-7(10(11)12)6(8-2)4-9-5/h3-4H,2H2,1H3. The number of nitro groups is 1. The van der Waals surface area contributed by atoms with Gasteiger partial charge in [-0.05, 0) is 13.6 Å². The summed E-state index contributed by atoms with van der Waals surface area (Å²) >= 11 is 0. The summed E-state index contributed by atoms with van der Waals surface area (Å²) < 4.78 is 0. The van der Waals surface area contributed by atoms with Crippen LogP contribution in [0.25, 0.3) is 0 Å². The van der Waals surface area contributed by atoms with Gasteiger partial charge in [-0.3, -0.25) is 20.1 Å². The molecule has 0 fully saturated rings. The number of hydrogen-bond acceptors (Lipinski definition) is 4. The molecule has 12 heavy (non-hydrogen) atoms. The quantitative estimate of drug-likeness (QED) is 0.380. The van der Waals surface area contributed by atoms with Crippen LogP contribution in [-0.4, -0.2) is 16.6 Å². The Kier molecular flexibility index (Phi) is 2.14. The van der Waals surface area contributed by atoms with E-state index < -0.39 is 4.92 Å². The number of nitrogens with zero attached hydrogens (tertiary/aromatic N) is 3. The van der Waals surface area contributed by atoms with E-state index in [0.717, 1.165) is 0 Å². The molecule has 0 radical (unpaired) electrons. The number of aliphatic imine (C=N–C) groups is 1. The van der Waals surface area contributed by atoms with Crippen molar-refractivity contribution >= 4 is 18.1 Å². The van der Waals surface area contributed by atoms with Gasteiger partial charge in [-0.1, -0.05) is 0 Å². The van der Waals surface area contributed by atoms with Crippen LogP contribution in [0.2, 0.25) is 0 Å². The van der Waals surface area contributed by atoms with Gasteiger partial charge in [0.2, 0.25) is 0 Å². The summed E-state index contributed by atoms with van der Waals surface area (Å²) in [6, 6.07) is 1.37. The predicted molar refractivity (Wildman–Crippen MR) is 44.8 cm³/mol. The maximum atomic E-state index is 10.4. The third-order valence-electron chi connectivity index (χ3n) is 1.37. The van der Waals surface area contributed by atoms with Crippen molar-refractivity contribution in [3.63, 3.8) is 0 Å². The molecule has 0 unspecified atom stereocenters. The summed E-state index contributed by atoms with van der Waals surface area (Å²) in [7, 11) is 0. The minimum absolute atomic E-state index is 0.0579. The molecule has 0 saturated carbocycles. The predicted octanol–water partition coefficient (Wildman–Crippen LogP) is 1.63. The van der Waals surface area contributed by atoms with E-state index in [4.69, 9.17) is 0 Å². The zero-order chi connectivity index (χ0) is 9.14. The number of aromatic nitrogens is 1. The van der Waals surface area contributed by atoms with Crippen LogP contribution in [0, 0.1) is 17.0 Å². The molecule has 1 aromatic rings. The molecule has 0 bridgehead atoms. The molecule has 0 spiro atoms. The van der Waals surface area contributed by atoms with E-state index in [1.165, 1.54) is 12.3 Å². The zero-order valence-electron chi connectivity index (χ0n) is 6.52. The molecule has 0 aliphatic rings. The molecule has 0 aromatic carbocycles. The van der Waals surface area contributed by atoms with Crippen LogP contribution in [0.4, 0.5) is 11.4 Å². The molecule has 1 heterocycles. The Morgan fingerprint density at radius 2 is 2.42 bits per heavy atom. The second-order valence-corrected chi connectivity index (χ2v) is 2.23. The Morgan fingerprint density at radius 3 is 2.92 bits per heavy atom. The summed E-state index contributed by atoms with van der Waals surface area (Å²) in [6.07, 6.45) is 1.33. The van der Waals surface area contributed by atoms with Gasteiger partial charge in [0.05, 0.1) is 11.1 Å². The monoisotopic (exact) mass is 165 g/mol. The third-order valence-corrected chi connectivity index (χ3v) is 1.37. The Hall–Kier alpha value is -1.78. The normalized spacial score (nSPS) is 9.42. The van der Waals surface area contributed by atoms with Crippen molar-refractivity contribution in [2.75, 3.05) is 0 Å². The van der Waals surface area contributed by atoms with Crippen molar-refractivity contribution in [1.29, 1.82) is 0 Å². The second kappa shape index (κ2) is 3.08.